The minimum atomic E-state index is -3.87. The van der Waals surface area contributed by atoms with E-state index in [1.54, 1.807) is 0 Å². The lowest BCUT2D eigenvalue weighted by Crippen LogP contribution is -2.39. The van der Waals surface area contributed by atoms with E-state index in [1.807, 2.05) is 6.92 Å². The molecule has 174 valence electrons. The van der Waals surface area contributed by atoms with Crippen molar-refractivity contribution in [2.24, 2.45) is 0 Å². The SMILES string of the molecule is CC[C@H](NC(=O)CN(C)S(=O)(=O)c1ccc(OC)c(OC)c1)c1ccc2c(c1)CCCC2. The summed E-state index contributed by atoms with van der Waals surface area (Å²) in [6, 6.07) is 10.6. The van der Waals surface area contributed by atoms with Gasteiger partial charge in [0.1, 0.15) is 0 Å². The number of hydrogen-bond donors (Lipinski definition) is 1. The summed E-state index contributed by atoms with van der Waals surface area (Å²) in [7, 11) is 0.443. The Morgan fingerprint density at radius 3 is 2.38 bits per heavy atom. The van der Waals surface area contributed by atoms with Gasteiger partial charge in [-0.25, -0.2) is 8.42 Å². The molecule has 32 heavy (non-hydrogen) atoms. The normalized spacial score (nSPS) is 14.5. The van der Waals surface area contributed by atoms with Crippen molar-refractivity contribution in [3.63, 3.8) is 0 Å². The largest absolute Gasteiger partial charge is 0.493 e. The Balaban J connectivity index is 1.70. The van der Waals surface area contributed by atoms with Gasteiger partial charge in [-0.05, 0) is 60.9 Å². The molecule has 1 amide bonds. The van der Waals surface area contributed by atoms with E-state index >= 15 is 0 Å². The molecular weight excluding hydrogens is 428 g/mol. The Labute approximate surface area is 190 Å². The quantitative estimate of drug-likeness (QED) is 0.619. The minimum Gasteiger partial charge on any atom is -0.493 e. The van der Waals surface area contributed by atoms with E-state index in [0.29, 0.717) is 11.5 Å². The zero-order chi connectivity index (χ0) is 23.3. The van der Waals surface area contributed by atoms with Crippen LogP contribution in [0.3, 0.4) is 0 Å². The second kappa shape index (κ2) is 10.4. The average molecular weight is 461 g/mol. The van der Waals surface area contributed by atoms with Gasteiger partial charge in [0.05, 0.1) is 31.7 Å². The summed E-state index contributed by atoms with van der Waals surface area (Å²) in [5.74, 6) is 0.397. The van der Waals surface area contributed by atoms with Crippen LogP contribution in [0.4, 0.5) is 0 Å². The van der Waals surface area contributed by atoms with Gasteiger partial charge in [0.15, 0.2) is 11.5 Å². The van der Waals surface area contributed by atoms with Crippen LogP contribution in [0.5, 0.6) is 11.5 Å². The fraction of sp³-hybridized carbons (Fsp3) is 0.458. The number of amides is 1. The van der Waals surface area contributed by atoms with Crippen LogP contribution in [0.1, 0.15) is 48.9 Å². The van der Waals surface area contributed by atoms with Gasteiger partial charge < -0.3 is 14.8 Å². The summed E-state index contributed by atoms with van der Waals surface area (Å²) in [5.41, 5.74) is 3.81. The highest BCUT2D eigenvalue weighted by Crippen LogP contribution is 2.30. The van der Waals surface area contributed by atoms with E-state index in [0.717, 1.165) is 29.1 Å². The first-order chi connectivity index (χ1) is 15.3. The number of benzene rings is 2. The lowest BCUT2D eigenvalue weighted by molar-refractivity contribution is -0.121. The second-order valence-electron chi connectivity index (χ2n) is 8.04. The number of nitrogens with zero attached hydrogens (tertiary/aromatic N) is 1. The summed E-state index contributed by atoms with van der Waals surface area (Å²) < 4.78 is 37.4. The molecule has 7 nitrogen and oxygen atoms in total. The van der Waals surface area contributed by atoms with Crippen molar-refractivity contribution in [1.29, 1.82) is 0 Å². The molecule has 0 fully saturated rings. The zero-order valence-electron chi connectivity index (χ0n) is 19.2. The van der Waals surface area contributed by atoms with Crippen LogP contribution >= 0.6 is 0 Å². The molecule has 1 atom stereocenters. The average Bonchev–Trinajstić information content (AvgIpc) is 2.81. The van der Waals surface area contributed by atoms with Gasteiger partial charge in [-0.3, -0.25) is 4.79 Å². The molecular formula is C24H32N2O5S. The standard InChI is InChI=1S/C24H32N2O5S/c1-5-21(19-11-10-17-8-6-7-9-18(17)14-19)25-24(27)16-26(2)32(28,29)20-12-13-22(30-3)23(15-20)31-4/h10-15,21H,5-9,16H2,1-4H3,(H,25,27)/t21-/m0/s1. The number of methoxy groups -OCH3 is 2. The number of rotatable bonds is 9. The van der Waals surface area contributed by atoms with E-state index in [1.165, 1.54) is 63.4 Å². The van der Waals surface area contributed by atoms with E-state index < -0.39 is 10.0 Å². The van der Waals surface area contributed by atoms with Crippen molar-refractivity contribution in [1.82, 2.24) is 9.62 Å². The number of nitrogens with one attached hydrogen (secondary N) is 1. The van der Waals surface area contributed by atoms with Gasteiger partial charge >= 0.3 is 0 Å². The molecule has 0 unspecified atom stereocenters. The summed E-state index contributed by atoms with van der Waals surface area (Å²) in [4.78, 5) is 12.8. The molecule has 0 saturated heterocycles. The summed E-state index contributed by atoms with van der Waals surface area (Å²) >= 11 is 0. The number of ether oxygens (including phenoxy) is 2. The molecule has 8 heteroatoms. The van der Waals surface area contributed by atoms with Gasteiger partial charge in [-0.1, -0.05) is 25.1 Å². The molecule has 0 spiro atoms. The highest BCUT2D eigenvalue weighted by atomic mass is 32.2. The maximum Gasteiger partial charge on any atom is 0.243 e. The Hall–Kier alpha value is -2.58. The van der Waals surface area contributed by atoms with Crippen LogP contribution in [0.15, 0.2) is 41.3 Å². The molecule has 0 bridgehead atoms. The molecule has 0 radical (unpaired) electrons. The first kappa shape index (κ1) is 24.1. The maximum atomic E-state index is 13.0. The van der Waals surface area contributed by atoms with Crippen molar-refractivity contribution in [3.05, 3.63) is 53.1 Å². The molecule has 1 aliphatic carbocycles. The van der Waals surface area contributed by atoms with E-state index in [4.69, 9.17) is 9.47 Å². The maximum absolute atomic E-state index is 13.0. The van der Waals surface area contributed by atoms with Crippen LogP contribution in [-0.4, -0.2) is 46.4 Å². The number of aryl methyl sites for hydroxylation is 2. The third kappa shape index (κ3) is 5.24. The van der Waals surface area contributed by atoms with Crippen LogP contribution < -0.4 is 14.8 Å². The van der Waals surface area contributed by atoms with Gasteiger partial charge in [-0.2, -0.15) is 4.31 Å². The Bertz CT molecular complexity index is 1070. The molecule has 2 aromatic carbocycles. The number of carbonyl (C=O) groups excluding carboxylic acids is 1. The van der Waals surface area contributed by atoms with Crippen molar-refractivity contribution in [2.75, 3.05) is 27.8 Å². The van der Waals surface area contributed by atoms with Crippen LogP contribution in [0, 0.1) is 0 Å². The number of likely N-dealkylation sites (N-methyl/N-ethyl adjacent to an activating group) is 1. The minimum absolute atomic E-state index is 0.0344. The lowest BCUT2D eigenvalue weighted by atomic mass is 9.89. The third-order valence-electron chi connectivity index (χ3n) is 5.95. The van der Waals surface area contributed by atoms with E-state index in [9.17, 15) is 13.2 Å². The highest BCUT2D eigenvalue weighted by molar-refractivity contribution is 7.89. The van der Waals surface area contributed by atoms with Crippen LogP contribution in [0.25, 0.3) is 0 Å². The summed E-state index contributed by atoms with van der Waals surface area (Å²) in [6.45, 7) is 1.73. The summed E-state index contributed by atoms with van der Waals surface area (Å²) in [5, 5.41) is 3.00. The molecule has 0 saturated carbocycles. The highest BCUT2D eigenvalue weighted by Gasteiger charge is 2.25. The molecule has 1 N–H and O–H groups in total. The number of hydrogen-bond acceptors (Lipinski definition) is 5. The number of carbonyl (C=O) groups is 1. The molecule has 0 aliphatic heterocycles. The van der Waals surface area contributed by atoms with Crippen molar-refractivity contribution < 1.29 is 22.7 Å². The van der Waals surface area contributed by atoms with Crippen LogP contribution in [-0.2, 0) is 27.7 Å². The molecule has 0 aromatic heterocycles. The Morgan fingerprint density at radius 1 is 1.03 bits per heavy atom. The smallest absolute Gasteiger partial charge is 0.243 e. The van der Waals surface area contributed by atoms with Crippen LogP contribution in [0.2, 0.25) is 0 Å². The lowest BCUT2D eigenvalue weighted by Gasteiger charge is -2.23. The van der Waals surface area contributed by atoms with Gasteiger partial charge in [-0.15, -0.1) is 0 Å². The predicted octanol–water partition coefficient (Wildman–Crippen LogP) is 3.47. The number of fused-ring (bicyclic) bond motifs is 1. The fourth-order valence-electron chi connectivity index (χ4n) is 4.08. The first-order valence-corrected chi connectivity index (χ1v) is 12.3. The third-order valence-corrected chi connectivity index (χ3v) is 7.75. The monoisotopic (exact) mass is 460 g/mol. The first-order valence-electron chi connectivity index (χ1n) is 10.9. The van der Waals surface area contributed by atoms with Crippen molar-refractivity contribution in [2.45, 2.75) is 50.0 Å². The van der Waals surface area contributed by atoms with Gasteiger partial charge in [0.2, 0.25) is 15.9 Å². The Morgan fingerprint density at radius 2 is 1.72 bits per heavy atom. The fourth-order valence-corrected chi connectivity index (χ4v) is 5.22. The van der Waals surface area contributed by atoms with E-state index in [-0.39, 0.29) is 23.4 Å². The predicted molar refractivity (Wildman–Crippen MR) is 124 cm³/mol. The molecule has 1 aliphatic rings. The van der Waals surface area contributed by atoms with Crippen molar-refractivity contribution in [3.8, 4) is 11.5 Å². The molecule has 3 rings (SSSR count). The molecule has 2 aromatic rings. The molecule has 0 heterocycles. The topological polar surface area (TPSA) is 84.9 Å². The zero-order valence-corrected chi connectivity index (χ0v) is 20.0. The second-order valence-corrected chi connectivity index (χ2v) is 10.1. The number of sulfonamides is 1. The summed E-state index contributed by atoms with van der Waals surface area (Å²) in [6.07, 6.45) is 5.31. The Kier molecular flexibility index (Phi) is 7.79. The van der Waals surface area contributed by atoms with Crippen molar-refractivity contribution >= 4 is 15.9 Å². The van der Waals surface area contributed by atoms with Gasteiger partial charge in [0, 0.05) is 13.1 Å². The van der Waals surface area contributed by atoms with E-state index in [2.05, 4.69) is 23.5 Å². The van der Waals surface area contributed by atoms with Gasteiger partial charge in [0.25, 0.3) is 0 Å².